The third-order valence-electron chi connectivity index (χ3n) is 3.18. The van der Waals surface area contributed by atoms with Crippen molar-refractivity contribution in [1.82, 2.24) is 10.6 Å². The van der Waals surface area contributed by atoms with Crippen LogP contribution < -0.4 is 10.6 Å². The second-order valence-corrected chi connectivity index (χ2v) is 6.84. The van der Waals surface area contributed by atoms with Gasteiger partial charge in [-0.15, -0.1) is 0 Å². The zero-order valence-corrected chi connectivity index (χ0v) is 16.0. The zero-order valence-electron chi connectivity index (χ0n) is 13.6. The summed E-state index contributed by atoms with van der Waals surface area (Å²) in [6.45, 7) is 0.192. The van der Waals surface area contributed by atoms with Crippen LogP contribution in [0.3, 0.4) is 0 Å². The van der Waals surface area contributed by atoms with E-state index in [0.29, 0.717) is 12.0 Å². The molecule has 0 aliphatic carbocycles. The summed E-state index contributed by atoms with van der Waals surface area (Å²) in [6, 6.07) is 6.27. The van der Waals surface area contributed by atoms with Crippen LogP contribution >= 0.6 is 27.7 Å². The van der Waals surface area contributed by atoms with E-state index in [-0.39, 0.29) is 24.8 Å². The molecule has 0 saturated heterocycles. The average Bonchev–Trinajstić information content (AvgIpc) is 2.58. The second-order valence-electron chi connectivity index (χ2n) is 4.94. The van der Waals surface area contributed by atoms with E-state index < -0.39 is 12.0 Å². The quantitative estimate of drug-likeness (QED) is 0.601. The predicted octanol–water partition coefficient (Wildman–Crippen LogP) is 1.98. The monoisotopic (exact) mass is 416 g/mol. The summed E-state index contributed by atoms with van der Waals surface area (Å²) in [5.74, 6) is -0.276. The molecule has 0 unspecified atom stereocenters. The molecule has 6 nitrogen and oxygen atoms in total. The molecule has 0 bridgehead atoms. The van der Waals surface area contributed by atoms with E-state index in [2.05, 4.69) is 31.3 Å². The summed E-state index contributed by atoms with van der Waals surface area (Å²) in [6.07, 6.45) is 2.52. The molecule has 0 spiro atoms. The lowest BCUT2D eigenvalue weighted by Crippen LogP contribution is -2.43. The van der Waals surface area contributed by atoms with Crippen molar-refractivity contribution >= 4 is 45.5 Å². The maximum absolute atomic E-state index is 11.9. The van der Waals surface area contributed by atoms with Crippen molar-refractivity contribution in [3.63, 3.8) is 0 Å². The average molecular weight is 417 g/mol. The fourth-order valence-electron chi connectivity index (χ4n) is 1.89. The molecule has 8 heteroatoms. The summed E-state index contributed by atoms with van der Waals surface area (Å²) in [5, 5.41) is 5.31. The maximum atomic E-state index is 11.9. The van der Waals surface area contributed by atoms with Crippen LogP contribution in [-0.4, -0.2) is 49.5 Å². The van der Waals surface area contributed by atoms with Crippen molar-refractivity contribution in [2.75, 3.05) is 25.7 Å². The van der Waals surface area contributed by atoms with Gasteiger partial charge in [-0.3, -0.25) is 9.59 Å². The normalized spacial score (nSPS) is 11.5. The number of hydrogen-bond donors (Lipinski definition) is 2. The summed E-state index contributed by atoms with van der Waals surface area (Å²) < 4.78 is 5.57. The van der Waals surface area contributed by atoms with Crippen LogP contribution in [-0.2, 0) is 14.3 Å². The summed E-state index contributed by atoms with van der Waals surface area (Å²) in [5.41, 5.74) is 0.519. The molecule has 1 aromatic rings. The number of carbonyl (C=O) groups is 3. The Morgan fingerprint density at radius 2 is 1.92 bits per heavy atom. The van der Waals surface area contributed by atoms with Crippen LogP contribution in [0.5, 0.6) is 0 Å². The Morgan fingerprint density at radius 1 is 1.25 bits per heavy atom. The number of rotatable bonds is 9. The highest BCUT2D eigenvalue weighted by Crippen LogP contribution is 2.10. The topological polar surface area (TPSA) is 84.5 Å². The molecular weight excluding hydrogens is 396 g/mol. The molecular formula is C16H21BrN2O4S. The van der Waals surface area contributed by atoms with Crippen LogP contribution in [0.4, 0.5) is 0 Å². The smallest absolute Gasteiger partial charge is 0.328 e. The molecule has 1 rings (SSSR count). The maximum Gasteiger partial charge on any atom is 0.328 e. The predicted molar refractivity (Wildman–Crippen MR) is 98.0 cm³/mol. The van der Waals surface area contributed by atoms with E-state index in [1.165, 1.54) is 7.11 Å². The van der Waals surface area contributed by atoms with Crippen molar-refractivity contribution in [3.8, 4) is 0 Å². The number of carbonyl (C=O) groups excluding carboxylic acids is 3. The van der Waals surface area contributed by atoms with Gasteiger partial charge in [-0.05, 0) is 42.7 Å². The van der Waals surface area contributed by atoms with Crippen LogP contribution in [0.25, 0.3) is 0 Å². The number of hydrogen-bond acceptors (Lipinski definition) is 5. The van der Waals surface area contributed by atoms with Crippen LogP contribution in [0.15, 0.2) is 28.7 Å². The highest BCUT2D eigenvalue weighted by molar-refractivity contribution is 9.10. The first-order valence-electron chi connectivity index (χ1n) is 7.37. The molecule has 0 saturated carbocycles. The minimum absolute atomic E-state index is 0.0923. The van der Waals surface area contributed by atoms with Crippen LogP contribution in [0.2, 0.25) is 0 Å². The van der Waals surface area contributed by atoms with Gasteiger partial charge < -0.3 is 15.4 Å². The molecule has 0 aliphatic heterocycles. The fourth-order valence-corrected chi connectivity index (χ4v) is 2.62. The molecule has 1 atom stereocenters. The van der Waals surface area contributed by atoms with Crippen molar-refractivity contribution in [2.45, 2.75) is 18.9 Å². The molecule has 0 aromatic heterocycles. The molecule has 1 aromatic carbocycles. The lowest BCUT2D eigenvalue weighted by atomic mass is 10.2. The van der Waals surface area contributed by atoms with Gasteiger partial charge in [0.25, 0.3) is 5.91 Å². The molecule has 0 radical (unpaired) electrons. The first-order chi connectivity index (χ1) is 11.5. The first kappa shape index (κ1) is 20.5. The molecule has 0 heterocycles. The van der Waals surface area contributed by atoms with Gasteiger partial charge in [0.15, 0.2) is 0 Å². The van der Waals surface area contributed by atoms with E-state index in [1.54, 1.807) is 36.0 Å². The van der Waals surface area contributed by atoms with Crippen molar-refractivity contribution < 1.29 is 19.1 Å². The highest BCUT2D eigenvalue weighted by Gasteiger charge is 2.20. The van der Waals surface area contributed by atoms with E-state index >= 15 is 0 Å². The molecule has 0 aliphatic rings. The highest BCUT2D eigenvalue weighted by atomic mass is 79.9. The Morgan fingerprint density at radius 3 is 2.50 bits per heavy atom. The third kappa shape index (κ3) is 7.35. The summed E-state index contributed by atoms with van der Waals surface area (Å²) in [7, 11) is 1.29. The largest absolute Gasteiger partial charge is 0.467 e. The van der Waals surface area contributed by atoms with Gasteiger partial charge in [0, 0.05) is 23.0 Å². The van der Waals surface area contributed by atoms with Crippen molar-refractivity contribution in [2.24, 2.45) is 0 Å². The summed E-state index contributed by atoms with van der Waals surface area (Å²) >= 11 is 4.89. The number of amides is 2. The van der Waals surface area contributed by atoms with E-state index in [1.807, 2.05) is 6.26 Å². The first-order valence-corrected chi connectivity index (χ1v) is 9.56. The van der Waals surface area contributed by atoms with E-state index in [0.717, 1.165) is 10.2 Å². The number of nitrogens with one attached hydrogen (secondary N) is 2. The number of benzene rings is 1. The molecule has 2 amide bonds. The minimum atomic E-state index is -0.655. The Balaban J connectivity index is 2.39. The standard InChI is InChI=1S/C16H21BrN2O4S/c1-23-16(22)13(8-10-24-2)19-14(20)7-9-18-15(21)11-3-5-12(17)6-4-11/h3-6,13H,7-10H2,1-2H3,(H,18,21)(H,19,20)/t13-/m1/s1. The van der Waals surface area contributed by atoms with Crippen molar-refractivity contribution in [3.05, 3.63) is 34.3 Å². The van der Waals surface area contributed by atoms with Gasteiger partial charge in [0.2, 0.25) is 5.91 Å². The lowest BCUT2D eigenvalue weighted by Gasteiger charge is -2.16. The van der Waals surface area contributed by atoms with E-state index in [4.69, 9.17) is 0 Å². The van der Waals surface area contributed by atoms with Gasteiger partial charge in [0.05, 0.1) is 7.11 Å². The van der Waals surface area contributed by atoms with E-state index in [9.17, 15) is 14.4 Å². The van der Waals surface area contributed by atoms with Gasteiger partial charge in [-0.2, -0.15) is 11.8 Å². The fraction of sp³-hybridized carbons (Fsp3) is 0.438. The van der Waals surface area contributed by atoms with Crippen molar-refractivity contribution in [1.29, 1.82) is 0 Å². The Labute approximate surface area is 154 Å². The Bertz CT molecular complexity index is 566. The van der Waals surface area contributed by atoms with Gasteiger partial charge >= 0.3 is 5.97 Å². The van der Waals surface area contributed by atoms with Gasteiger partial charge in [-0.1, -0.05) is 15.9 Å². The molecule has 132 valence electrons. The number of methoxy groups -OCH3 is 1. The number of halogens is 1. The zero-order chi connectivity index (χ0) is 17.9. The molecule has 2 N–H and O–H groups in total. The number of esters is 1. The Hall–Kier alpha value is -1.54. The molecule has 0 fully saturated rings. The molecule has 24 heavy (non-hydrogen) atoms. The Kier molecular flexibility index (Phi) is 9.48. The number of ether oxygens (including phenoxy) is 1. The SMILES string of the molecule is COC(=O)[C@@H](CCSC)NC(=O)CCNC(=O)c1ccc(Br)cc1. The number of thioether (sulfide) groups is 1. The lowest BCUT2D eigenvalue weighted by molar-refractivity contribution is -0.145. The van der Waals surface area contributed by atoms with Crippen LogP contribution in [0, 0.1) is 0 Å². The second kappa shape index (κ2) is 11.1. The third-order valence-corrected chi connectivity index (χ3v) is 4.35. The van der Waals surface area contributed by atoms with Gasteiger partial charge in [0.1, 0.15) is 6.04 Å². The summed E-state index contributed by atoms with van der Waals surface area (Å²) in [4.78, 5) is 35.5. The van der Waals surface area contributed by atoms with Crippen LogP contribution in [0.1, 0.15) is 23.2 Å². The van der Waals surface area contributed by atoms with Gasteiger partial charge in [-0.25, -0.2) is 4.79 Å². The minimum Gasteiger partial charge on any atom is -0.467 e.